The molecular formula is C26H28N4O5. The highest BCUT2D eigenvalue weighted by Crippen LogP contribution is 2.44. The van der Waals surface area contributed by atoms with E-state index in [2.05, 4.69) is 15.6 Å². The summed E-state index contributed by atoms with van der Waals surface area (Å²) in [6.07, 6.45) is 3.52. The van der Waals surface area contributed by atoms with Crippen molar-refractivity contribution >= 4 is 23.4 Å². The third kappa shape index (κ3) is 5.03. The van der Waals surface area contributed by atoms with Crippen LogP contribution in [-0.4, -0.2) is 36.3 Å². The first-order valence-corrected chi connectivity index (χ1v) is 11.4. The van der Waals surface area contributed by atoms with Crippen molar-refractivity contribution in [1.29, 1.82) is 0 Å². The predicted octanol–water partition coefficient (Wildman–Crippen LogP) is 2.87. The number of Topliss-reactive ketones (excluding diaryl/α,β-unsaturated/α-hetero) is 1. The van der Waals surface area contributed by atoms with E-state index in [4.69, 9.17) is 15.2 Å². The monoisotopic (exact) mass is 476 g/mol. The molecule has 4 N–H and O–H groups in total. The van der Waals surface area contributed by atoms with Gasteiger partial charge >= 0.3 is 0 Å². The summed E-state index contributed by atoms with van der Waals surface area (Å²) in [5.41, 5.74) is 9.36. The first-order valence-electron chi connectivity index (χ1n) is 11.4. The molecule has 0 spiro atoms. The van der Waals surface area contributed by atoms with E-state index in [1.165, 1.54) is 7.11 Å². The number of allylic oxidation sites excluding steroid dienone is 3. The van der Waals surface area contributed by atoms with Crippen molar-refractivity contribution in [1.82, 2.24) is 10.3 Å². The van der Waals surface area contributed by atoms with E-state index in [9.17, 15) is 14.4 Å². The van der Waals surface area contributed by atoms with Gasteiger partial charge in [0.05, 0.1) is 7.11 Å². The van der Waals surface area contributed by atoms with Crippen molar-refractivity contribution < 1.29 is 23.9 Å². The van der Waals surface area contributed by atoms with Gasteiger partial charge in [0.25, 0.3) is 11.8 Å². The minimum Gasteiger partial charge on any atom is -0.493 e. The first-order chi connectivity index (χ1) is 16.8. The summed E-state index contributed by atoms with van der Waals surface area (Å²) >= 11 is 0. The molecule has 35 heavy (non-hydrogen) atoms. The van der Waals surface area contributed by atoms with Crippen LogP contribution in [0.4, 0.5) is 5.82 Å². The standard InChI is InChI=1S/C26H28N4O5/c1-14-9-10-28-22(11-14)30-26(33)23-15(2)29-17-5-4-6-18(31)25(17)24(23)16-7-8-19(20(12-16)34-3)35-13-21(27)32/h7-12,24,29H,4-6,13H2,1-3H3,(H2,27,32)(H,28,30,33)/t24-/m1/s1. The number of nitrogens with two attached hydrogens (primary N) is 1. The van der Waals surface area contributed by atoms with E-state index in [-0.39, 0.29) is 18.3 Å². The number of ketones is 1. The van der Waals surface area contributed by atoms with Gasteiger partial charge in [-0.05, 0) is 62.1 Å². The lowest BCUT2D eigenvalue weighted by molar-refractivity contribution is -0.120. The number of carbonyl (C=O) groups is 3. The summed E-state index contributed by atoms with van der Waals surface area (Å²) in [5, 5.41) is 6.18. The Morgan fingerprint density at radius 2 is 1.97 bits per heavy atom. The Bertz CT molecular complexity index is 1260. The smallest absolute Gasteiger partial charge is 0.255 e. The normalized spacial score (nSPS) is 17.5. The number of anilines is 1. The molecule has 1 aliphatic carbocycles. The molecule has 0 unspecified atom stereocenters. The highest BCUT2D eigenvalue weighted by Gasteiger charge is 2.38. The minimum atomic E-state index is -0.612. The van der Waals surface area contributed by atoms with Crippen molar-refractivity contribution in [2.24, 2.45) is 5.73 Å². The number of aromatic nitrogens is 1. The van der Waals surface area contributed by atoms with Crippen molar-refractivity contribution in [2.75, 3.05) is 19.0 Å². The lowest BCUT2D eigenvalue weighted by Gasteiger charge is -2.34. The highest BCUT2D eigenvalue weighted by atomic mass is 16.5. The molecule has 2 amide bonds. The fourth-order valence-corrected chi connectivity index (χ4v) is 4.54. The molecule has 1 aliphatic heterocycles. The lowest BCUT2D eigenvalue weighted by Crippen LogP contribution is -2.35. The van der Waals surface area contributed by atoms with Gasteiger partial charge < -0.3 is 25.8 Å². The SMILES string of the molecule is COc1cc([C@@H]2C(C(=O)Nc3cc(C)ccn3)=C(C)NC3=C2C(=O)CCC3)ccc1OCC(N)=O. The number of pyridine rings is 1. The topological polar surface area (TPSA) is 133 Å². The second-order valence-electron chi connectivity index (χ2n) is 8.60. The number of benzene rings is 1. The molecule has 9 heteroatoms. The van der Waals surface area contributed by atoms with Gasteiger partial charge in [-0.2, -0.15) is 0 Å². The number of amides is 2. The Balaban J connectivity index is 1.78. The van der Waals surface area contributed by atoms with Crippen LogP contribution in [0.25, 0.3) is 0 Å². The van der Waals surface area contributed by atoms with Gasteiger partial charge in [0.1, 0.15) is 5.82 Å². The zero-order valence-electron chi connectivity index (χ0n) is 19.9. The number of nitrogens with one attached hydrogen (secondary N) is 2. The van der Waals surface area contributed by atoms with Crippen LogP contribution in [0.5, 0.6) is 11.5 Å². The van der Waals surface area contributed by atoms with Gasteiger partial charge in [-0.25, -0.2) is 4.98 Å². The van der Waals surface area contributed by atoms with Crippen molar-refractivity contribution in [3.8, 4) is 11.5 Å². The van der Waals surface area contributed by atoms with Crippen LogP contribution in [0, 0.1) is 6.92 Å². The summed E-state index contributed by atoms with van der Waals surface area (Å²) in [6, 6.07) is 8.78. The summed E-state index contributed by atoms with van der Waals surface area (Å²) in [5.74, 6) is -0.438. The fraction of sp³-hybridized carbons (Fsp3) is 0.308. The van der Waals surface area contributed by atoms with E-state index in [1.807, 2.05) is 19.9 Å². The summed E-state index contributed by atoms with van der Waals surface area (Å²) in [6.45, 7) is 3.45. The van der Waals surface area contributed by atoms with Crippen LogP contribution in [0.3, 0.4) is 0 Å². The summed E-state index contributed by atoms with van der Waals surface area (Å²) < 4.78 is 10.9. The van der Waals surface area contributed by atoms with Crippen molar-refractivity contribution in [3.63, 3.8) is 0 Å². The Morgan fingerprint density at radius 1 is 1.17 bits per heavy atom. The first kappa shape index (κ1) is 24.0. The molecule has 4 rings (SSSR count). The largest absolute Gasteiger partial charge is 0.493 e. The number of ether oxygens (including phenoxy) is 2. The molecule has 9 nitrogen and oxygen atoms in total. The van der Waals surface area contributed by atoms with Gasteiger partial charge in [0.2, 0.25) is 0 Å². The number of hydrogen-bond acceptors (Lipinski definition) is 7. The van der Waals surface area contributed by atoms with Crippen molar-refractivity contribution in [3.05, 3.63) is 70.2 Å². The van der Waals surface area contributed by atoms with Gasteiger partial charge in [-0.3, -0.25) is 14.4 Å². The molecule has 2 aromatic rings. The van der Waals surface area contributed by atoms with Crippen molar-refractivity contribution in [2.45, 2.75) is 39.0 Å². The van der Waals surface area contributed by atoms with Crippen LogP contribution in [0.2, 0.25) is 0 Å². The Kier molecular flexibility index (Phi) is 6.86. The average Bonchev–Trinajstić information content (AvgIpc) is 2.81. The molecular weight excluding hydrogens is 448 g/mol. The van der Waals surface area contributed by atoms with E-state index < -0.39 is 11.8 Å². The zero-order valence-corrected chi connectivity index (χ0v) is 19.9. The van der Waals surface area contributed by atoms with Crippen LogP contribution in [0.1, 0.15) is 43.2 Å². The minimum absolute atomic E-state index is 0.00301. The molecule has 1 aromatic heterocycles. The summed E-state index contributed by atoms with van der Waals surface area (Å²) in [7, 11) is 1.48. The molecule has 1 aromatic carbocycles. The number of aryl methyl sites for hydroxylation is 1. The van der Waals surface area contributed by atoms with Gasteiger partial charge in [0, 0.05) is 41.1 Å². The molecule has 0 saturated heterocycles. The number of carbonyl (C=O) groups excluding carboxylic acids is 3. The molecule has 1 atom stereocenters. The second kappa shape index (κ2) is 10.0. The lowest BCUT2D eigenvalue weighted by atomic mass is 9.75. The molecule has 0 saturated carbocycles. The maximum absolute atomic E-state index is 13.6. The zero-order chi connectivity index (χ0) is 25.1. The average molecular weight is 477 g/mol. The van der Waals surface area contributed by atoms with Gasteiger partial charge in [-0.1, -0.05) is 6.07 Å². The Morgan fingerprint density at radius 3 is 2.69 bits per heavy atom. The Hall–Kier alpha value is -4.14. The molecule has 2 aliphatic rings. The number of rotatable bonds is 7. The molecule has 0 radical (unpaired) electrons. The predicted molar refractivity (Wildman–Crippen MR) is 130 cm³/mol. The van der Waals surface area contributed by atoms with E-state index >= 15 is 0 Å². The van der Waals surface area contributed by atoms with Crippen LogP contribution in [0.15, 0.2) is 59.1 Å². The van der Waals surface area contributed by atoms with Crippen LogP contribution < -0.4 is 25.8 Å². The van der Waals surface area contributed by atoms with E-state index in [0.717, 1.165) is 24.1 Å². The van der Waals surface area contributed by atoms with Crippen LogP contribution in [-0.2, 0) is 14.4 Å². The van der Waals surface area contributed by atoms with Gasteiger partial charge in [0.15, 0.2) is 23.9 Å². The van der Waals surface area contributed by atoms with E-state index in [1.54, 1.807) is 30.5 Å². The number of dihydropyridines is 1. The molecule has 0 fully saturated rings. The van der Waals surface area contributed by atoms with Crippen LogP contribution >= 0.6 is 0 Å². The number of hydrogen-bond donors (Lipinski definition) is 3. The third-order valence-electron chi connectivity index (χ3n) is 6.07. The number of primary amides is 1. The number of methoxy groups -OCH3 is 1. The Labute approximate surface area is 203 Å². The highest BCUT2D eigenvalue weighted by molar-refractivity contribution is 6.09. The molecule has 0 bridgehead atoms. The quantitative estimate of drug-likeness (QED) is 0.560. The maximum Gasteiger partial charge on any atom is 0.255 e. The second-order valence-corrected chi connectivity index (χ2v) is 8.60. The van der Waals surface area contributed by atoms with E-state index in [0.29, 0.717) is 46.1 Å². The summed E-state index contributed by atoms with van der Waals surface area (Å²) in [4.78, 5) is 42.1. The third-order valence-corrected chi connectivity index (χ3v) is 6.07. The molecule has 2 heterocycles. The number of nitrogens with zero attached hydrogens (tertiary/aromatic N) is 1. The molecule has 182 valence electrons. The fourth-order valence-electron chi connectivity index (χ4n) is 4.54. The maximum atomic E-state index is 13.6. The van der Waals surface area contributed by atoms with Gasteiger partial charge in [-0.15, -0.1) is 0 Å².